The van der Waals surface area contributed by atoms with Crippen molar-refractivity contribution >= 4 is 76.2 Å². The minimum Gasteiger partial charge on any atom is -0.371 e. The number of carbonyl (C=O) groups excluding carboxylic acids is 2. The van der Waals surface area contributed by atoms with Gasteiger partial charge in [0.2, 0.25) is 0 Å². The van der Waals surface area contributed by atoms with Crippen LogP contribution < -0.4 is 14.2 Å². The maximum atomic E-state index is 13.3. The van der Waals surface area contributed by atoms with E-state index in [-0.39, 0.29) is 50.4 Å². The van der Waals surface area contributed by atoms with Crippen LogP contribution in [0.1, 0.15) is 64.7 Å². The standard InChI is InChI=1S/C24H28IN5O2S2/c1-11-8-16(30-25-11)19(26)24(33)29-14-6-7-17-15(9-14)18(23(32)28-10-12-2-3-12)22(34-17)20(27)21(31)13-4-5-13/h8,12-14,26-27,30H,2-7,9-10H2,1H3,(H,28,32)(H,29,33). The van der Waals surface area contributed by atoms with Crippen molar-refractivity contribution in [2.45, 2.75) is 57.9 Å². The normalized spacial score (nSPS) is 21.3. The Hall–Kier alpha value is -1.79. The van der Waals surface area contributed by atoms with Crippen LogP contribution in [-0.4, -0.2) is 44.2 Å². The van der Waals surface area contributed by atoms with Gasteiger partial charge in [-0.05, 0) is 90.4 Å². The number of thiophene rings is 1. The third kappa shape index (κ3) is 5.08. The molecular weight excluding hydrogens is 581 g/mol. The molecule has 0 radical (unpaired) electrons. The lowest BCUT2D eigenvalue weighted by Crippen LogP contribution is -2.42. The number of nitrogens with one attached hydrogen (secondary N) is 5. The summed E-state index contributed by atoms with van der Waals surface area (Å²) in [5.74, 6) is 0.202. The van der Waals surface area contributed by atoms with E-state index in [0.29, 0.717) is 40.0 Å². The van der Waals surface area contributed by atoms with Crippen LogP contribution in [-0.2, 0) is 17.6 Å². The number of allylic oxidation sites excluding steroid dienone is 1. The Bertz CT molecular complexity index is 1180. The van der Waals surface area contributed by atoms with Crippen molar-refractivity contribution in [2.24, 2.45) is 11.8 Å². The number of amides is 1. The van der Waals surface area contributed by atoms with Crippen LogP contribution in [0.25, 0.3) is 0 Å². The van der Waals surface area contributed by atoms with Gasteiger partial charge in [0, 0.05) is 26.9 Å². The fourth-order valence-corrected chi connectivity index (χ4v) is 7.49. The molecule has 1 amide bonds. The second-order valence-electron chi connectivity index (χ2n) is 9.50. The molecule has 180 valence electrons. The van der Waals surface area contributed by atoms with Gasteiger partial charge in [-0.25, -0.2) is 0 Å². The summed E-state index contributed by atoms with van der Waals surface area (Å²) in [5, 5.41) is 23.4. The molecule has 1 unspecified atom stereocenters. The summed E-state index contributed by atoms with van der Waals surface area (Å²) >= 11 is 6.74. The molecule has 1 aromatic heterocycles. The number of fused-ring (bicyclic) bond motifs is 1. The highest BCUT2D eigenvalue weighted by molar-refractivity contribution is 14.2. The summed E-state index contributed by atoms with van der Waals surface area (Å²) in [4.78, 5) is 28.0. The van der Waals surface area contributed by atoms with Crippen LogP contribution >= 0.6 is 44.6 Å². The molecule has 2 saturated carbocycles. The van der Waals surface area contributed by atoms with Crippen molar-refractivity contribution in [1.29, 1.82) is 10.8 Å². The van der Waals surface area contributed by atoms with E-state index in [0.717, 1.165) is 54.7 Å². The van der Waals surface area contributed by atoms with Gasteiger partial charge in [0.1, 0.15) is 16.4 Å². The summed E-state index contributed by atoms with van der Waals surface area (Å²) in [6, 6.07) is 0.00729. The lowest BCUT2D eigenvalue weighted by molar-refractivity contribution is -0.114. The van der Waals surface area contributed by atoms with Crippen LogP contribution in [0.2, 0.25) is 0 Å². The number of ketones is 1. The monoisotopic (exact) mass is 609 g/mol. The largest absolute Gasteiger partial charge is 0.371 e. The van der Waals surface area contributed by atoms with E-state index in [9.17, 15) is 9.59 Å². The Morgan fingerprint density at radius 3 is 2.62 bits per heavy atom. The first kappa shape index (κ1) is 23.9. The molecule has 1 aliphatic heterocycles. The van der Waals surface area contributed by atoms with E-state index in [1.165, 1.54) is 14.8 Å². The number of carbonyl (C=O) groups is 2. The topological polar surface area (TPSA) is 118 Å². The number of halogens is 1. The minimum absolute atomic E-state index is 0.00514. The number of aryl methyl sites for hydroxylation is 1. The predicted octanol–water partition coefficient (Wildman–Crippen LogP) is 3.59. The van der Waals surface area contributed by atoms with Gasteiger partial charge >= 0.3 is 0 Å². The van der Waals surface area contributed by atoms with Gasteiger partial charge in [-0.15, -0.1) is 11.3 Å². The maximum absolute atomic E-state index is 13.3. The molecule has 0 saturated heterocycles. The number of thiocarbonyl (C=S) groups is 1. The zero-order valence-corrected chi connectivity index (χ0v) is 22.8. The molecule has 2 heterocycles. The zero-order valence-electron chi connectivity index (χ0n) is 19.0. The first-order chi connectivity index (χ1) is 16.3. The summed E-state index contributed by atoms with van der Waals surface area (Å²) in [6.45, 7) is 2.71. The second kappa shape index (κ2) is 9.69. The van der Waals surface area contributed by atoms with Crippen molar-refractivity contribution < 1.29 is 9.59 Å². The molecule has 4 aliphatic rings. The molecule has 34 heavy (non-hydrogen) atoms. The van der Waals surface area contributed by atoms with E-state index < -0.39 is 0 Å². The Kier molecular flexibility index (Phi) is 6.82. The molecule has 3 aliphatic carbocycles. The third-order valence-electron chi connectivity index (χ3n) is 6.63. The van der Waals surface area contributed by atoms with Crippen molar-refractivity contribution in [1.82, 2.24) is 14.2 Å². The molecule has 1 atom stereocenters. The van der Waals surface area contributed by atoms with Gasteiger partial charge in [-0.3, -0.25) is 20.4 Å². The van der Waals surface area contributed by atoms with Gasteiger partial charge < -0.3 is 14.2 Å². The van der Waals surface area contributed by atoms with Crippen LogP contribution in [0.5, 0.6) is 0 Å². The summed E-state index contributed by atoms with van der Waals surface area (Å²) in [6.07, 6.45) is 8.17. The highest BCUT2D eigenvalue weighted by Crippen LogP contribution is 2.38. The quantitative estimate of drug-likeness (QED) is 0.127. The molecule has 7 nitrogen and oxygen atoms in total. The van der Waals surface area contributed by atoms with Gasteiger partial charge in [0.15, 0.2) is 5.78 Å². The SMILES string of the molecule is CC1=INC(C(=N)C(=S)NC2CCc3sc(C(=N)C(=O)C4CC4)c(C(=O)NCC4CC4)c3C2)=C1. The van der Waals surface area contributed by atoms with Gasteiger partial charge in [0.05, 0.1) is 16.1 Å². The van der Waals surface area contributed by atoms with E-state index >= 15 is 0 Å². The molecular formula is C24H28IN5O2S2. The fourth-order valence-electron chi connectivity index (χ4n) is 4.31. The van der Waals surface area contributed by atoms with Crippen molar-refractivity contribution in [2.75, 3.05) is 6.54 Å². The lowest BCUT2D eigenvalue weighted by Gasteiger charge is -2.25. The Balaban J connectivity index is 1.35. The zero-order chi connectivity index (χ0) is 24.0. The Labute approximate surface area is 218 Å². The molecule has 0 bridgehead atoms. The number of rotatable bonds is 9. The smallest absolute Gasteiger partial charge is 0.253 e. The number of hydrogen-bond acceptors (Lipinski definition) is 7. The van der Waals surface area contributed by atoms with Crippen molar-refractivity contribution in [3.63, 3.8) is 0 Å². The van der Waals surface area contributed by atoms with Crippen molar-refractivity contribution in [3.05, 3.63) is 32.7 Å². The first-order valence-electron chi connectivity index (χ1n) is 11.7. The molecule has 5 rings (SSSR count). The van der Waals surface area contributed by atoms with Crippen LogP contribution in [0, 0.1) is 22.7 Å². The Morgan fingerprint density at radius 2 is 1.97 bits per heavy atom. The second-order valence-corrected chi connectivity index (χ2v) is 13.8. The van der Waals surface area contributed by atoms with Crippen molar-refractivity contribution in [3.8, 4) is 0 Å². The van der Waals surface area contributed by atoms with Crippen LogP contribution in [0.4, 0.5) is 0 Å². The fraction of sp³-hybridized carbons (Fsp3) is 0.500. The molecule has 0 aromatic carbocycles. The molecule has 0 spiro atoms. The summed E-state index contributed by atoms with van der Waals surface area (Å²) in [5.41, 5.74) is 2.54. The highest BCUT2D eigenvalue weighted by Gasteiger charge is 2.37. The summed E-state index contributed by atoms with van der Waals surface area (Å²) in [7, 11) is 0. The lowest BCUT2D eigenvalue weighted by atomic mass is 9.89. The van der Waals surface area contributed by atoms with E-state index in [1.807, 2.05) is 6.08 Å². The molecule has 10 heteroatoms. The molecule has 2 fully saturated rings. The maximum Gasteiger partial charge on any atom is 0.253 e. The van der Waals surface area contributed by atoms with Gasteiger partial charge in [-0.2, -0.15) is 0 Å². The molecule has 1 aromatic rings. The van der Waals surface area contributed by atoms with Gasteiger partial charge in [-0.1, -0.05) is 12.2 Å². The van der Waals surface area contributed by atoms with Crippen LogP contribution in [0.3, 0.4) is 0 Å². The molecule has 5 N–H and O–H groups in total. The third-order valence-corrected chi connectivity index (χ3v) is 10.3. The van der Waals surface area contributed by atoms with E-state index in [2.05, 4.69) is 21.1 Å². The minimum atomic E-state index is -0.247. The number of hydrogen-bond donors (Lipinski definition) is 5. The predicted molar refractivity (Wildman–Crippen MR) is 149 cm³/mol. The number of Topliss-reactive ketones (excluding diaryl/α,β-unsaturated/α-hetero) is 1. The van der Waals surface area contributed by atoms with Crippen LogP contribution in [0.15, 0.2) is 11.8 Å². The average molecular weight is 610 g/mol. The highest BCUT2D eigenvalue weighted by atomic mass is 127. The summed E-state index contributed by atoms with van der Waals surface area (Å²) < 4.78 is 4.59. The van der Waals surface area contributed by atoms with E-state index in [1.54, 1.807) is 0 Å². The Morgan fingerprint density at radius 1 is 1.21 bits per heavy atom. The van der Waals surface area contributed by atoms with Gasteiger partial charge in [0.25, 0.3) is 5.91 Å². The average Bonchev–Trinajstić information content (AvgIpc) is 3.75. The first-order valence-corrected chi connectivity index (χ1v) is 15.1. The van der Waals surface area contributed by atoms with E-state index in [4.69, 9.17) is 23.0 Å².